The zero-order valence-electron chi connectivity index (χ0n) is 23.5. The summed E-state index contributed by atoms with van der Waals surface area (Å²) >= 11 is 6.00. The van der Waals surface area contributed by atoms with Gasteiger partial charge in [-0.25, -0.2) is 14.2 Å². The third-order valence-electron chi connectivity index (χ3n) is 9.13. The van der Waals surface area contributed by atoms with Gasteiger partial charge in [0.1, 0.15) is 18.2 Å². The summed E-state index contributed by atoms with van der Waals surface area (Å²) < 4.78 is 40.8. The molecule has 3 unspecified atom stereocenters. The van der Waals surface area contributed by atoms with E-state index in [2.05, 4.69) is 14.4 Å². The number of imidazole rings is 1. The van der Waals surface area contributed by atoms with E-state index in [0.29, 0.717) is 34.2 Å². The highest BCUT2D eigenvalue weighted by molar-refractivity contribution is 6.30. The zero-order valence-corrected chi connectivity index (χ0v) is 24.3. The number of halogens is 2. The SMILES string of the molecule is COC(=O)c1ccc2nc3n(c2c1)C(C1CCO1)C1CN(c2cccc4c2O[C@H](c2ccc(Cl)cc2F)CO4)CCN1C3. The number of para-hydroxylation sites is 1. The lowest BCUT2D eigenvalue weighted by molar-refractivity contribution is -0.107. The van der Waals surface area contributed by atoms with E-state index in [1.165, 1.54) is 13.2 Å². The van der Waals surface area contributed by atoms with E-state index < -0.39 is 11.9 Å². The Bertz CT molecular complexity index is 1740. The van der Waals surface area contributed by atoms with Crippen molar-refractivity contribution in [3.63, 3.8) is 0 Å². The van der Waals surface area contributed by atoms with Crippen molar-refractivity contribution < 1.29 is 28.1 Å². The van der Waals surface area contributed by atoms with E-state index in [-0.39, 0.29) is 30.8 Å². The van der Waals surface area contributed by atoms with Crippen molar-refractivity contribution in [2.45, 2.75) is 37.3 Å². The molecule has 3 aromatic carbocycles. The number of aromatic nitrogens is 2. The Morgan fingerprint density at radius 2 is 2.02 bits per heavy atom. The first kappa shape index (κ1) is 26.7. The molecule has 1 aromatic heterocycles. The van der Waals surface area contributed by atoms with Crippen LogP contribution in [0.15, 0.2) is 54.6 Å². The number of fused-ring (bicyclic) bond motifs is 5. The highest BCUT2D eigenvalue weighted by Crippen LogP contribution is 2.46. The molecule has 4 atom stereocenters. The van der Waals surface area contributed by atoms with Gasteiger partial charge in [-0.3, -0.25) is 4.90 Å². The van der Waals surface area contributed by atoms with Crippen LogP contribution in [-0.2, 0) is 16.0 Å². The molecule has 2 fully saturated rings. The van der Waals surface area contributed by atoms with Crippen LogP contribution in [-0.4, -0.2) is 72.5 Å². The number of rotatable bonds is 4. The summed E-state index contributed by atoms with van der Waals surface area (Å²) in [7, 11) is 1.39. The van der Waals surface area contributed by atoms with Gasteiger partial charge in [0.15, 0.2) is 17.6 Å². The second kappa shape index (κ2) is 10.4. The lowest BCUT2D eigenvalue weighted by Crippen LogP contribution is -2.61. The van der Waals surface area contributed by atoms with Crippen LogP contribution in [0.3, 0.4) is 0 Å². The molecule has 9 nitrogen and oxygen atoms in total. The summed E-state index contributed by atoms with van der Waals surface area (Å²) in [5, 5.41) is 0.338. The van der Waals surface area contributed by atoms with Crippen molar-refractivity contribution in [1.29, 1.82) is 0 Å². The quantitative estimate of drug-likeness (QED) is 0.296. The Labute approximate surface area is 252 Å². The zero-order chi connectivity index (χ0) is 29.2. The minimum Gasteiger partial charge on any atom is -0.485 e. The molecule has 0 bridgehead atoms. The summed E-state index contributed by atoms with van der Waals surface area (Å²) in [6.07, 6.45) is 0.394. The number of piperazine rings is 1. The first-order chi connectivity index (χ1) is 21.0. The number of hydrogen-bond acceptors (Lipinski definition) is 8. The molecule has 4 aliphatic heterocycles. The predicted molar refractivity (Wildman–Crippen MR) is 158 cm³/mol. The van der Waals surface area contributed by atoms with Gasteiger partial charge in [0.05, 0.1) is 54.1 Å². The molecule has 2 saturated heterocycles. The van der Waals surface area contributed by atoms with Gasteiger partial charge in [0.2, 0.25) is 0 Å². The number of hydrogen-bond donors (Lipinski definition) is 0. The Hall–Kier alpha value is -3.86. The van der Waals surface area contributed by atoms with Gasteiger partial charge in [-0.1, -0.05) is 23.7 Å². The van der Waals surface area contributed by atoms with Gasteiger partial charge in [-0.15, -0.1) is 0 Å². The summed E-state index contributed by atoms with van der Waals surface area (Å²) in [6, 6.07) is 16.2. The van der Waals surface area contributed by atoms with Gasteiger partial charge in [-0.05, 0) is 48.9 Å². The summed E-state index contributed by atoms with van der Waals surface area (Å²) in [5.41, 5.74) is 3.59. The normalized spacial score (nSPS) is 24.7. The average Bonchev–Trinajstić information content (AvgIpc) is 3.36. The van der Waals surface area contributed by atoms with Crippen LogP contribution < -0.4 is 14.4 Å². The summed E-state index contributed by atoms with van der Waals surface area (Å²) in [5.74, 6) is 1.45. The maximum Gasteiger partial charge on any atom is 0.337 e. The first-order valence-electron chi connectivity index (χ1n) is 14.6. The van der Waals surface area contributed by atoms with Crippen LogP contribution in [0, 0.1) is 5.82 Å². The van der Waals surface area contributed by atoms with Crippen molar-refractivity contribution in [2.24, 2.45) is 0 Å². The molecule has 0 spiro atoms. The fourth-order valence-corrected chi connectivity index (χ4v) is 7.11. The number of carbonyl (C=O) groups excluding carboxylic acids is 1. The van der Waals surface area contributed by atoms with Crippen molar-refractivity contribution in [3.05, 3.63) is 82.4 Å². The van der Waals surface area contributed by atoms with E-state index in [9.17, 15) is 9.18 Å². The van der Waals surface area contributed by atoms with Gasteiger partial charge >= 0.3 is 5.97 Å². The van der Waals surface area contributed by atoms with Crippen LogP contribution in [0.4, 0.5) is 10.1 Å². The molecule has 11 heteroatoms. The van der Waals surface area contributed by atoms with Crippen molar-refractivity contribution in [3.8, 4) is 11.5 Å². The summed E-state index contributed by atoms with van der Waals surface area (Å²) in [6.45, 7) is 3.96. The third kappa shape index (κ3) is 4.42. The molecule has 4 aliphatic rings. The molecule has 43 heavy (non-hydrogen) atoms. The van der Waals surface area contributed by atoms with Crippen LogP contribution in [0.2, 0.25) is 5.02 Å². The average molecular weight is 605 g/mol. The molecular formula is C32H30ClFN4O5. The number of methoxy groups -OCH3 is 1. The fourth-order valence-electron chi connectivity index (χ4n) is 6.95. The van der Waals surface area contributed by atoms with Gasteiger partial charge in [0.25, 0.3) is 0 Å². The number of carbonyl (C=O) groups is 1. The minimum atomic E-state index is -0.595. The summed E-state index contributed by atoms with van der Waals surface area (Å²) in [4.78, 5) is 22.2. The van der Waals surface area contributed by atoms with Crippen molar-refractivity contribution in [2.75, 3.05) is 44.9 Å². The molecule has 5 heterocycles. The van der Waals surface area contributed by atoms with Crippen molar-refractivity contribution >= 4 is 34.3 Å². The standard InChI is InChI=1S/C32H30ClFN4O5/c1-40-32(39)18-5-8-22-24(13-18)38-29(35-22)16-37-11-10-36(15-25(37)30(38)26-9-12-41-26)23-3-2-4-27-31(23)43-28(17-42-27)20-7-6-19(33)14-21(20)34/h2-8,13-14,25-26,28,30H,9-12,15-17H2,1H3/t25?,26?,28-,30?/m0/s1. The van der Waals surface area contributed by atoms with Crippen molar-refractivity contribution in [1.82, 2.24) is 14.5 Å². The van der Waals surface area contributed by atoms with Crippen LogP contribution >= 0.6 is 11.6 Å². The molecule has 0 saturated carbocycles. The third-order valence-corrected chi connectivity index (χ3v) is 9.36. The molecule has 0 amide bonds. The smallest absolute Gasteiger partial charge is 0.337 e. The van der Waals surface area contributed by atoms with E-state index >= 15 is 0 Å². The highest BCUT2D eigenvalue weighted by Gasteiger charge is 2.46. The molecule has 0 N–H and O–H groups in total. The number of benzene rings is 3. The Morgan fingerprint density at radius 1 is 1.14 bits per heavy atom. The number of nitrogens with zero attached hydrogens (tertiary/aromatic N) is 4. The van der Waals surface area contributed by atoms with E-state index in [0.717, 1.165) is 55.2 Å². The number of anilines is 1. The fraction of sp³-hybridized carbons (Fsp3) is 0.375. The maximum atomic E-state index is 14.8. The lowest BCUT2D eigenvalue weighted by Gasteiger charge is -2.52. The van der Waals surface area contributed by atoms with Crippen LogP contribution in [0.25, 0.3) is 11.0 Å². The lowest BCUT2D eigenvalue weighted by atomic mass is 9.91. The minimum absolute atomic E-state index is 0.00538. The van der Waals surface area contributed by atoms with Gasteiger partial charge < -0.3 is 28.4 Å². The van der Waals surface area contributed by atoms with E-state index in [1.54, 1.807) is 18.2 Å². The Morgan fingerprint density at radius 3 is 2.81 bits per heavy atom. The first-order valence-corrected chi connectivity index (χ1v) is 14.9. The van der Waals surface area contributed by atoms with Gasteiger partial charge in [0, 0.05) is 36.8 Å². The maximum absolute atomic E-state index is 14.8. The van der Waals surface area contributed by atoms with Crippen LogP contribution in [0.1, 0.15) is 40.3 Å². The highest BCUT2D eigenvalue weighted by atomic mass is 35.5. The number of esters is 1. The molecule has 8 rings (SSSR count). The monoisotopic (exact) mass is 604 g/mol. The Kier molecular flexibility index (Phi) is 6.47. The van der Waals surface area contributed by atoms with Gasteiger partial charge in [-0.2, -0.15) is 0 Å². The molecular weight excluding hydrogens is 575 g/mol. The van der Waals surface area contributed by atoms with Crippen LogP contribution in [0.5, 0.6) is 11.5 Å². The van der Waals surface area contributed by atoms with E-state index in [4.69, 9.17) is 35.5 Å². The molecule has 0 radical (unpaired) electrons. The topological polar surface area (TPSA) is 78.3 Å². The molecule has 4 aromatic rings. The Balaban J connectivity index is 1.14. The molecule has 222 valence electrons. The van der Waals surface area contributed by atoms with E-state index in [1.807, 2.05) is 30.3 Å². The second-order valence-electron chi connectivity index (χ2n) is 11.5. The second-order valence-corrected chi connectivity index (χ2v) is 11.9. The number of ether oxygens (including phenoxy) is 4. The predicted octanol–water partition coefficient (Wildman–Crippen LogP) is 5.16. The largest absolute Gasteiger partial charge is 0.485 e. The molecule has 0 aliphatic carbocycles.